The van der Waals surface area contributed by atoms with E-state index in [0.717, 1.165) is 42.6 Å². The van der Waals surface area contributed by atoms with E-state index in [1.54, 1.807) is 0 Å². The predicted molar refractivity (Wildman–Crippen MR) is 139 cm³/mol. The monoisotopic (exact) mass is 476 g/mol. The third-order valence-electron chi connectivity index (χ3n) is 4.92. The number of benzene rings is 3. The Balaban J connectivity index is 1.34. The second-order valence-corrected chi connectivity index (χ2v) is 10.0. The smallest absolute Gasteiger partial charge is 0.323 e. The molecule has 3 N–H and O–H groups in total. The second kappa shape index (κ2) is 10.1. The molecule has 0 unspecified atom stereocenters. The van der Waals surface area contributed by atoms with Crippen molar-refractivity contribution in [1.29, 1.82) is 0 Å². The van der Waals surface area contributed by atoms with Gasteiger partial charge in [-0.1, -0.05) is 47.2 Å². The molecule has 1 aromatic heterocycles. The number of hydrogen-bond acceptors (Lipinski definition) is 5. The van der Waals surface area contributed by atoms with Gasteiger partial charge in [-0.25, -0.2) is 9.78 Å². The standard InChI is InChI=1S/C25H24N4O2S2/c1-15-4-7-18(8-5-15)26-24(31)27-19-9-11-21-22(13-19)33-25(29-21)32-14-23(30)28-20-10-6-16(2)12-17(20)3/h4-13H,14H2,1-3H3,(H,28,30)(H2,26,27,31). The van der Waals surface area contributed by atoms with Crippen LogP contribution in [-0.2, 0) is 4.79 Å². The summed E-state index contributed by atoms with van der Waals surface area (Å²) in [6.07, 6.45) is 0. The molecular weight excluding hydrogens is 452 g/mol. The fourth-order valence-corrected chi connectivity index (χ4v) is 5.15. The largest absolute Gasteiger partial charge is 0.325 e. The van der Waals surface area contributed by atoms with Crippen LogP contribution < -0.4 is 16.0 Å². The molecule has 3 aromatic carbocycles. The number of rotatable bonds is 6. The highest BCUT2D eigenvalue weighted by atomic mass is 32.2. The first-order valence-electron chi connectivity index (χ1n) is 10.4. The van der Waals surface area contributed by atoms with E-state index in [1.165, 1.54) is 23.1 Å². The molecule has 3 amide bonds. The van der Waals surface area contributed by atoms with E-state index in [1.807, 2.05) is 81.4 Å². The van der Waals surface area contributed by atoms with Crippen LogP contribution in [0.1, 0.15) is 16.7 Å². The number of anilines is 3. The minimum atomic E-state index is -0.305. The molecule has 4 rings (SSSR count). The Labute approximate surface area is 200 Å². The third kappa shape index (κ3) is 6.12. The topological polar surface area (TPSA) is 83.1 Å². The van der Waals surface area contributed by atoms with Crippen LogP contribution in [0.25, 0.3) is 10.2 Å². The number of thiazole rings is 1. The highest BCUT2D eigenvalue weighted by Gasteiger charge is 2.11. The van der Waals surface area contributed by atoms with E-state index in [9.17, 15) is 9.59 Å². The molecule has 0 radical (unpaired) electrons. The average Bonchev–Trinajstić information content (AvgIpc) is 3.18. The highest BCUT2D eigenvalue weighted by Crippen LogP contribution is 2.31. The van der Waals surface area contributed by atoms with Crippen LogP contribution in [0.15, 0.2) is 65.0 Å². The van der Waals surface area contributed by atoms with Crippen molar-refractivity contribution in [3.8, 4) is 0 Å². The zero-order valence-corrected chi connectivity index (χ0v) is 20.2. The SMILES string of the molecule is Cc1ccc(NC(=O)Nc2ccc3nc(SCC(=O)Nc4ccc(C)cc4C)sc3c2)cc1. The van der Waals surface area contributed by atoms with Gasteiger partial charge in [-0.2, -0.15) is 0 Å². The maximum Gasteiger partial charge on any atom is 0.323 e. The number of nitrogens with one attached hydrogen (secondary N) is 3. The summed E-state index contributed by atoms with van der Waals surface area (Å²) in [4.78, 5) is 29.3. The summed E-state index contributed by atoms with van der Waals surface area (Å²) < 4.78 is 1.75. The molecule has 0 bridgehead atoms. The Hall–Kier alpha value is -3.36. The Bertz CT molecular complexity index is 1320. The van der Waals surface area contributed by atoms with E-state index in [0.29, 0.717) is 5.69 Å². The summed E-state index contributed by atoms with van der Waals surface area (Å²) in [7, 11) is 0. The van der Waals surface area contributed by atoms with Gasteiger partial charge in [0, 0.05) is 17.1 Å². The number of nitrogens with zero attached hydrogens (tertiary/aromatic N) is 1. The Morgan fingerprint density at radius 2 is 1.55 bits per heavy atom. The molecule has 0 fully saturated rings. The molecule has 168 valence electrons. The Morgan fingerprint density at radius 1 is 0.848 bits per heavy atom. The number of aromatic nitrogens is 1. The van der Waals surface area contributed by atoms with Gasteiger partial charge >= 0.3 is 6.03 Å². The second-order valence-electron chi connectivity index (χ2n) is 7.76. The van der Waals surface area contributed by atoms with E-state index in [4.69, 9.17) is 0 Å². The summed E-state index contributed by atoms with van der Waals surface area (Å²) in [5, 5.41) is 8.63. The molecule has 0 saturated carbocycles. The highest BCUT2D eigenvalue weighted by molar-refractivity contribution is 8.01. The van der Waals surface area contributed by atoms with Crippen LogP contribution in [0.4, 0.5) is 21.9 Å². The van der Waals surface area contributed by atoms with Gasteiger partial charge in [0.1, 0.15) is 0 Å². The predicted octanol–water partition coefficient (Wildman–Crippen LogP) is 6.60. The van der Waals surface area contributed by atoms with Crippen molar-refractivity contribution in [1.82, 2.24) is 4.98 Å². The van der Waals surface area contributed by atoms with Gasteiger partial charge in [0.25, 0.3) is 0 Å². The van der Waals surface area contributed by atoms with Crippen molar-refractivity contribution >= 4 is 62.3 Å². The Kier molecular flexibility index (Phi) is 6.96. The van der Waals surface area contributed by atoms with Gasteiger partial charge in [0.15, 0.2) is 4.34 Å². The van der Waals surface area contributed by atoms with Crippen molar-refractivity contribution in [3.05, 3.63) is 77.4 Å². The first-order chi connectivity index (χ1) is 15.9. The average molecular weight is 477 g/mol. The van der Waals surface area contributed by atoms with Gasteiger partial charge in [0.2, 0.25) is 5.91 Å². The number of hydrogen-bond donors (Lipinski definition) is 3. The van der Waals surface area contributed by atoms with Crippen LogP contribution in [0, 0.1) is 20.8 Å². The number of amides is 3. The van der Waals surface area contributed by atoms with Gasteiger partial charge in [-0.15, -0.1) is 11.3 Å². The molecule has 0 aliphatic carbocycles. The number of carbonyl (C=O) groups excluding carboxylic acids is 2. The van der Waals surface area contributed by atoms with Crippen LogP contribution >= 0.6 is 23.1 Å². The summed E-state index contributed by atoms with van der Waals surface area (Å²) >= 11 is 2.90. The Morgan fingerprint density at radius 3 is 2.30 bits per heavy atom. The lowest BCUT2D eigenvalue weighted by molar-refractivity contribution is -0.113. The van der Waals surface area contributed by atoms with Crippen molar-refractivity contribution in [2.45, 2.75) is 25.1 Å². The maximum atomic E-state index is 12.4. The maximum absolute atomic E-state index is 12.4. The lowest BCUT2D eigenvalue weighted by Gasteiger charge is -2.08. The number of aryl methyl sites for hydroxylation is 3. The van der Waals surface area contributed by atoms with Crippen molar-refractivity contribution in [3.63, 3.8) is 0 Å². The van der Waals surface area contributed by atoms with Crippen LogP contribution in [0.5, 0.6) is 0 Å². The minimum absolute atomic E-state index is 0.0682. The van der Waals surface area contributed by atoms with Crippen molar-refractivity contribution in [2.75, 3.05) is 21.7 Å². The van der Waals surface area contributed by atoms with E-state index < -0.39 is 0 Å². The van der Waals surface area contributed by atoms with Crippen molar-refractivity contribution < 1.29 is 9.59 Å². The number of thioether (sulfide) groups is 1. The molecule has 1 heterocycles. The molecule has 8 heteroatoms. The number of carbonyl (C=O) groups is 2. The lowest BCUT2D eigenvalue weighted by atomic mass is 10.1. The lowest BCUT2D eigenvalue weighted by Crippen LogP contribution is -2.19. The molecule has 0 atom stereocenters. The van der Waals surface area contributed by atoms with Gasteiger partial charge < -0.3 is 16.0 Å². The van der Waals surface area contributed by atoms with Gasteiger partial charge in [-0.3, -0.25) is 4.79 Å². The molecule has 6 nitrogen and oxygen atoms in total. The quantitative estimate of drug-likeness (QED) is 0.274. The minimum Gasteiger partial charge on any atom is -0.325 e. The first kappa shape index (κ1) is 22.8. The molecule has 0 aliphatic heterocycles. The fraction of sp³-hybridized carbons (Fsp3) is 0.160. The van der Waals surface area contributed by atoms with Crippen LogP contribution in [0.2, 0.25) is 0 Å². The normalized spacial score (nSPS) is 10.8. The molecule has 4 aromatic rings. The van der Waals surface area contributed by atoms with E-state index >= 15 is 0 Å². The van der Waals surface area contributed by atoms with Crippen LogP contribution in [-0.4, -0.2) is 22.7 Å². The summed E-state index contributed by atoms with van der Waals surface area (Å²) in [6.45, 7) is 6.01. The molecule has 33 heavy (non-hydrogen) atoms. The molecule has 0 aliphatic rings. The summed E-state index contributed by atoms with van der Waals surface area (Å²) in [6, 6.07) is 18.8. The third-order valence-corrected chi connectivity index (χ3v) is 7.08. The first-order valence-corrected chi connectivity index (χ1v) is 12.2. The number of fused-ring (bicyclic) bond motifs is 1. The van der Waals surface area contributed by atoms with Gasteiger partial charge in [-0.05, 0) is 62.7 Å². The zero-order chi connectivity index (χ0) is 23.4. The van der Waals surface area contributed by atoms with Crippen molar-refractivity contribution in [2.24, 2.45) is 0 Å². The molecular formula is C25H24N4O2S2. The zero-order valence-electron chi connectivity index (χ0n) is 18.6. The van der Waals surface area contributed by atoms with E-state index in [-0.39, 0.29) is 17.7 Å². The van der Waals surface area contributed by atoms with Crippen LogP contribution in [0.3, 0.4) is 0 Å². The summed E-state index contributed by atoms with van der Waals surface area (Å²) in [5.41, 5.74) is 6.41. The fourth-order valence-electron chi connectivity index (χ4n) is 3.24. The summed E-state index contributed by atoms with van der Waals surface area (Å²) in [5.74, 6) is 0.207. The molecule has 0 spiro atoms. The van der Waals surface area contributed by atoms with Gasteiger partial charge in [0.05, 0.1) is 16.0 Å². The number of urea groups is 1. The van der Waals surface area contributed by atoms with E-state index in [2.05, 4.69) is 20.9 Å². The molecule has 0 saturated heterocycles.